The van der Waals surface area contributed by atoms with E-state index in [0.717, 1.165) is 0 Å². The number of hydrogen-bond donors (Lipinski definition) is 0. The van der Waals surface area contributed by atoms with Gasteiger partial charge in [-0.1, -0.05) is 6.07 Å². The molecule has 136 valence electrons. The van der Waals surface area contributed by atoms with Gasteiger partial charge in [0.2, 0.25) is 0 Å². The van der Waals surface area contributed by atoms with E-state index < -0.39 is 46.5 Å². The summed E-state index contributed by atoms with van der Waals surface area (Å²) in [5.41, 5.74) is -8.54. The first-order valence-corrected chi connectivity index (χ1v) is 6.30. The van der Waals surface area contributed by atoms with E-state index in [9.17, 15) is 44.3 Å². The highest BCUT2D eigenvalue weighted by molar-refractivity contribution is 5.49. The Balaban J connectivity index is 2.88. The van der Waals surface area contributed by atoms with Gasteiger partial charge >= 0.3 is 18.5 Å². The maximum absolute atomic E-state index is 13.2. The molecule has 0 aliphatic carbocycles. The number of nitrogens with zero attached hydrogens (tertiary/aromatic N) is 1. The van der Waals surface area contributed by atoms with Crippen LogP contribution in [-0.4, -0.2) is 4.57 Å². The summed E-state index contributed by atoms with van der Waals surface area (Å²) >= 11 is 0. The predicted molar refractivity (Wildman–Crippen MR) is 67.0 cm³/mol. The average Bonchev–Trinajstić information content (AvgIpc) is 2.44. The van der Waals surface area contributed by atoms with Crippen LogP contribution in [-0.2, 0) is 18.5 Å². The third kappa shape index (κ3) is 3.80. The van der Waals surface area contributed by atoms with Crippen LogP contribution in [0.25, 0.3) is 5.69 Å². The summed E-state index contributed by atoms with van der Waals surface area (Å²) in [4.78, 5) is 11.7. The van der Waals surface area contributed by atoms with Crippen LogP contribution in [0.1, 0.15) is 16.7 Å². The van der Waals surface area contributed by atoms with Crippen LogP contribution in [0.3, 0.4) is 0 Å². The van der Waals surface area contributed by atoms with Crippen LogP contribution in [0.5, 0.6) is 0 Å². The fraction of sp³-hybridized carbons (Fsp3) is 0.214. The molecular weight excluding hydrogens is 369 g/mol. The lowest BCUT2D eigenvalue weighted by Gasteiger charge is -2.20. The summed E-state index contributed by atoms with van der Waals surface area (Å²) in [5.74, 6) is 0. The van der Waals surface area contributed by atoms with Gasteiger partial charge in [0.05, 0.1) is 22.4 Å². The topological polar surface area (TPSA) is 22.0 Å². The molecule has 0 unspecified atom stereocenters. The van der Waals surface area contributed by atoms with E-state index in [4.69, 9.17) is 0 Å². The van der Waals surface area contributed by atoms with Gasteiger partial charge in [0.1, 0.15) is 0 Å². The molecule has 0 saturated heterocycles. The second-order valence-electron chi connectivity index (χ2n) is 4.82. The van der Waals surface area contributed by atoms with Gasteiger partial charge in [0.15, 0.2) is 0 Å². The van der Waals surface area contributed by atoms with Gasteiger partial charge < -0.3 is 0 Å². The molecule has 0 bridgehead atoms. The van der Waals surface area contributed by atoms with Crippen molar-refractivity contribution in [3.05, 3.63) is 63.6 Å². The summed E-state index contributed by atoms with van der Waals surface area (Å²) in [7, 11) is 0. The van der Waals surface area contributed by atoms with E-state index in [2.05, 4.69) is 0 Å². The van der Waals surface area contributed by atoms with E-state index in [-0.39, 0.29) is 16.8 Å². The number of rotatable bonds is 1. The SMILES string of the molecule is O=c1ccc(C(F)(F)F)cn1-c1cccc(C(F)(F)F)c1C(F)(F)F. The predicted octanol–water partition coefficient (Wildman–Crippen LogP) is 4.89. The molecule has 0 radical (unpaired) electrons. The molecule has 1 heterocycles. The molecule has 2 rings (SSSR count). The fourth-order valence-corrected chi connectivity index (χ4v) is 2.12. The minimum atomic E-state index is -5.56. The molecule has 0 atom stereocenters. The minimum absolute atomic E-state index is 0.0209. The number of benzene rings is 1. The molecule has 11 heteroatoms. The Morgan fingerprint density at radius 2 is 1.32 bits per heavy atom. The number of pyridine rings is 1. The summed E-state index contributed by atoms with van der Waals surface area (Å²) in [6, 6.07) is 1.83. The van der Waals surface area contributed by atoms with Crippen LogP contribution in [0.4, 0.5) is 39.5 Å². The van der Waals surface area contributed by atoms with Crippen LogP contribution < -0.4 is 5.56 Å². The summed E-state index contributed by atoms with van der Waals surface area (Å²) < 4.78 is 116. The van der Waals surface area contributed by atoms with Gasteiger partial charge in [-0.3, -0.25) is 9.36 Å². The van der Waals surface area contributed by atoms with E-state index in [1.54, 1.807) is 0 Å². The van der Waals surface area contributed by atoms with Gasteiger partial charge in [-0.2, -0.15) is 39.5 Å². The zero-order chi connectivity index (χ0) is 19.2. The summed E-state index contributed by atoms with van der Waals surface area (Å²) in [6.07, 6.45) is -16.0. The van der Waals surface area contributed by atoms with Gasteiger partial charge in [-0.25, -0.2) is 0 Å². The highest BCUT2D eigenvalue weighted by Crippen LogP contribution is 2.43. The standard InChI is InChI=1S/C14H6F9NO/c15-12(16,17)7-4-5-10(25)24(6-7)9-3-1-2-8(13(18,19)20)11(9)14(21,22)23/h1-6H. The largest absolute Gasteiger partial charge is 0.419 e. The number of alkyl halides is 9. The summed E-state index contributed by atoms with van der Waals surface area (Å²) in [5, 5.41) is 0. The van der Waals surface area contributed by atoms with Crippen molar-refractivity contribution < 1.29 is 39.5 Å². The highest BCUT2D eigenvalue weighted by Gasteiger charge is 2.45. The molecule has 0 aliphatic rings. The smallest absolute Gasteiger partial charge is 0.283 e. The maximum atomic E-state index is 13.2. The van der Waals surface area contributed by atoms with E-state index in [1.165, 1.54) is 0 Å². The number of halogens is 9. The Kier molecular flexibility index (Phi) is 4.39. The van der Waals surface area contributed by atoms with Gasteiger partial charge in [0.25, 0.3) is 5.56 Å². The van der Waals surface area contributed by atoms with Crippen molar-refractivity contribution in [2.45, 2.75) is 18.5 Å². The van der Waals surface area contributed by atoms with Crippen molar-refractivity contribution in [3.8, 4) is 5.69 Å². The van der Waals surface area contributed by atoms with Crippen molar-refractivity contribution in [1.82, 2.24) is 4.57 Å². The lowest BCUT2D eigenvalue weighted by atomic mass is 10.0. The first kappa shape index (κ1) is 18.9. The van der Waals surface area contributed by atoms with Crippen LogP contribution in [0, 0.1) is 0 Å². The minimum Gasteiger partial charge on any atom is -0.283 e. The molecule has 1 aromatic heterocycles. The lowest BCUT2D eigenvalue weighted by Crippen LogP contribution is -2.25. The zero-order valence-electron chi connectivity index (χ0n) is 11.7. The Morgan fingerprint density at radius 1 is 0.720 bits per heavy atom. The Bertz CT molecular complexity index is 843. The Hall–Kier alpha value is -2.46. The summed E-state index contributed by atoms with van der Waals surface area (Å²) in [6.45, 7) is 0. The number of hydrogen-bond acceptors (Lipinski definition) is 1. The lowest BCUT2D eigenvalue weighted by molar-refractivity contribution is -0.162. The van der Waals surface area contributed by atoms with E-state index in [1.807, 2.05) is 0 Å². The third-order valence-electron chi connectivity index (χ3n) is 3.13. The van der Waals surface area contributed by atoms with Crippen molar-refractivity contribution in [3.63, 3.8) is 0 Å². The van der Waals surface area contributed by atoms with Crippen LogP contribution >= 0.6 is 0 Å². The normalized spacial score (nSPS) is 13.2. The van der Waals surface area contributed by atoms with Gasteiger partial charge in [-0.15, -0.1) is 0 Å². The first-order chi connectivity index (χ1) is 11.2. The molecule has 0 aliphatic heterocycles. The third-order valence-corrected chi connectivity index (χ3v) is 3.13. The molecule has 0 N–H and O–H groups in total. The van der Waals surface area contributed by atoms with Crippen molar-refractivity contribution in [1.29, 1.82) is 0 Å². The molecule has 0 saturated carbocycles. The molecular formula is C14H6F9NO. The molecule has 2 nitrogen and oxygen atoms in total. The molecule has 1 aromatic carbocycles. The molecule has 0 fully saturated rings. The highest BCUT2D eigenvalue weighted by atomic mass is 19.4. The van der Waals surface area contributed by atoms with Crippen molar-refractivity contribution in [2.75, 3.05) is 0 Å². The number of aromatic nitrogens is 1. The molecule has 2 aromatic rings. The fourth-order valence-electron chi connectivity index (χ4n) is 2.12. The first-order valence-electron chi connectivity index (χ1n) is 6.30. The van der Waals surface area contributed by atoms with Crippen molar-refractivity contribution in [2.24, 2.45) is 0 Å². The quantitative estimate of drug-likeness (QED) is 0.651. The Labute approximate surface area is 133 Å². The second kappa shape index (κ2) is 5.81. The molecule has 0 spiro atoms. The Morgan fingerprint density at radius 3 is 1.80 bits per heavy atom. The van der Waals surface area contributed by atoms with E-state index >= 15 is 0 Å². The molecule has 0 amide bonds. The zero-order valence-corrected chi connectivity index (χ0v) is 11.7. The van der Waals surface area contributed by atoms with Gasteiger partial charge in [-0.05, 0) is 18.2 Å². The van der Waals surface area contributed by atoms with E-state index in [0.29, 0.717) is 24.3 Å². The van der Waals surface area contributed by atoms with Crippen LogP contribution in [0.15, 0.2) is 41.3 Å². The maximum Gasteiger partial charge on any atom is 0.419 e. The average molecular weight is 375 g/mol. The van der Waals surface area contributed by atoms with Crippen molar-refractivity contribution >= 4 is 0 Å². The molecule has 25 heavy (non-hydrogen) atoms. The monoisotopic (exact) mass is 375 g/mol. The second-order valence-corrected chi connectivity index (χ2v) is 4.82. The van der Waals surface area contributed by atoms with Gasteiger partial charge in [0, 0.05) is 12.3 Å². The van der Waals surface area contributed by atoms with Crippen LogP contribution in [0.2, 0.25) is 0 Å².